The van der Waals surface area contributed by atoms with E-state index >= 15 is 0 Å². The van der Waals surface area contributed by atoms with Gasteiger partial charge in [0, 0.05) is 18.8 Å². The monoisotopic (exact) mass is 474 g/mol. The first-order valence-corrected chi connectivity index (χ1v) is 14.2. The van der Waals surface area contributed by atoms with Crippen LogP contribution in [0, 0.1) is 11.8 Å². The molecule has 4 fully saturated rings. The Hall–Kier alpha value is -1.21. The van der Waals surface area contributed by atoms with E-state index in [-0.39, 0.29) is 6.10 Å². The second-order valence-electron chi connectivity index (χ2n) is 10.3. The van der Waals surface area contributed by atoms with E-state index in [9.17, 15) is 9.90 Å². The lowest BCUT2D eigenvalue weighted by atomic mass is 9.82. The zero-order valence-electron chi connectivity index (χ0n) is 18.9. The van der Waals surface area contributed by atoms with Gasteiger partial charge in [0.05, 0.1) is 29.4 Å². The molecule has 1 N–H and O–H groups in total. The van der Waals surface area contributed by atoms with Gasteiger partial charge in [-0.25, -0.2) is 4.79 Å². The fraction of sp³-hybridized carbons (Fsp3) is 0.654. The van der Waals surface area contributed by atoms with E-state index in [0.717, 1.165) is 29.8 Å². The van der Waals surface area contributed by atoms with Crippen LogP contribution in [0.15, 0.2) is 35.0 Å². The Morgan fingerprint density at radius 1 is 1.03 bits per heavy atom. The molecule has 5 heterocycles. The van der Waals surface area contributed by atoms with Gasteiger partial charge in [-0.3, -0.25) is 0 Å². The second-order valence-corrected chi connectivity index (χ2v) is 12.2. The van der Waals surface area contributed by atoms with Crippen LogP contribution < -0.4 is 0 Å². The molecule has 3 saturated heterocycles. The minimum Gasteiger partial charge on any atom is -0.453 e. The summed E-state index contributed by atoms with van der Waals surface area (Å²) in [5, 5.41) is 15.4. The van der Waals surface area contributed by atoms with Crippen molar-refractivity contribution in [3.63, 3.8) is 0 Å². The highest BCUT2D eigenvalue weighted by Gasteiger charge is 2.51. The predicted octanol–water partition coefficient (Wildman–Crippen LogP) is 5.56. The van der Waals surface area contributed by atoms with E-state index in [2.05, 4.69) is 0 Å². The van der Waals surface area contributed by atoms with Gasteiger partial charge in [0.15, 0.2) is 6.10 Å². The molecule has 1 saturated carbocycles. The highest BCUT2D eigenvalue weighted by Crippen LogP contribution is 2.41. The molecule has 4 nitrogen and oxygen atoms in total. The summed E-state index contributed by atoms with van der Waals surface area (Å²) < 4.78 is 7.28. The van der Waals surface area contributed by atoms with Gasteiger partial charge in [0.2, 0.25) is 5.60 Å². The molecule has 32 heavy (non-hydrogen) atoms. The molecule has 0 radical (unpaired) electrons. The zero-order chi connectivity index (χ0) is 22.0. The van der Waals surface area contributed by atoms with Crippen molar-refractivity contribution in [1.29, 1.82) is 0 Å². The number of rotatable bonds is 8. The molecule has 3 aliphatic heterocycles. The van der Waals surface area contributed by atoms with Crippen molar-refractivity contribution in [2.75, 3.05) is 26.2 Å². The lowest BCUT2D eigenvalue weighted by Crippen LogP contribution is -2.65. The molecular formula is C26H36NO3S2+. The number of carbonyl (C=O) groups excluding carboxylic acids is 1. The number of esters is 1. The third-order valence-corrected chi connectivity index (χ3v) is 10.3. The van der Waals surface area contributed by atoms with Gasteiger partial charge in [0.25, 0.3) is 0 Å². The molecule has 174 valence electrons. The second kappa shape index (κ2) is 9.57. The molecule has 0 spiro atoms. The summed E-state index contributed by atoms with van der Waals surface area (Å²) in [6.45, 7) is 4.59. The van der Waals surface area contributed by atoms with E-state index in [1.165, 1.54) is 87.3 Å². The van der Waals surface area contributed by atoms with Crippen molar-refractivity contribution >= 4 is 28.6 Å². The maximum Gasteiger partial charge on any atom is 0.349 e. The number of fused-ring (bicyclic) bond motifs is 3. The topological polar surface area (TPSA) is 46.5 Å². The van der Waals surface area contributed by atoms with Crippen LogP contribution >= 0.6 is 22.7 Å². The molecule has 6 heteroatoms. The van der Waals surface area contributed by atoms with Crippen molar-refractivity contribution in [1.82, 2.24) is 0 Å². The van der Waals surface area contributed by atoms with Crippen LogP contribution in [-0.2, 0) is 15.1 Å². The first kappa shape index (κ1) is 22.6. The molecule has 4 aliphatic rings. The van der Waals surface area contributed by atoms with Crippen molar-refractivity contribution in [3.8, 4) is 0 Å². The van der Waals surface area contributed by atoms with Crippen molar-refractivity contribution in [2.24, 2.45) is 11.8 Å². The Morgan fingerprint density at radius 2 is 1.69 bits per heavy atom. The Labute approximate surface area is 199 Å². The first-order chi connectivity index (χ1) is 15.6. The lowest BCUT2D eigenvalue weighted by molar-refractivity contribution is -0.946. The third-order valence-electron chi connectivity index (χ3n) is 8.32. The number of aliphatic hydroxyl groups is 1. The Morgan fingerprint density at radius 3 is 2.28 bits per heavy atom. The van der Waals surface area contributed by atoms with Crippen LogP contribution in [0.5, 0.6) is 0 Å². The van der Waals surface area contributed by atoms with Crippen LogP contribution in [0.2, 0.25) is 0 Å². The average molecular weight is 475 g/mol. The van der Waals surface area contributed by atoms with Crippen LogP contribution in [0.25, 0.3) is 0 Å². The quantitative estimate of drug-likeness (QED) is 0.403. The number of nitrogens with zero attached hydrogens (tertiary/aromatic N) is 1. The van der Waals surface area contributed by atoms with Crippen LogP contribution in [0.3, 0.4) is 0 Å². The van der Waals surface area contributed by atoms with Crippen molar-refractivity contribution in [2.45, 2.75) is 69.5 Å². The molecule has 2 aromatic heterocycles. The van der Waals surface area contributed by atoms with Gasteiger partial charge >= 0.3 is 5.97 Å². The number of hydrogen-bond donors (Lipinski definition) is 1. The number of quaternary nitrogens is 1. The maximum absolute atomic E-state index is 13.5. The van der Waals surface area contributed by atoms with Gasteiger partial charge in [-0.05, 0) is 41.7 Å². The standard InChI is InChI=1S/C26H36NO3S2/c28-25(26(29,23-10-5-17-31-23)24-11-6-18-32-24)30-22-19-27(15-12-21(22)13-16-27)14-4-9-20-7-2-1-3-8-20/h5-6,10-11,17-18,20-22,29H,1-4,7-9,12-16,19H2/q+1/t21?,22-,27?/m0/s1. The van der Waals surface area contributed by atoms with E-state index in [4.69, 9.17) is 4.74 Å². The smallest absolute Gasteiger partial charge is 0.349 e. The minimum absolute atomic E-state index is 0.0777. The normalized spacial score (nSPS) is 28.7. The molecule has 2 bridgehead atoms. The van der Waals surface area contributed by atoms with E-state index in [1.54, 1.807) is 0 Å². The summed E-state index contributed by atoms with van der Waals surface area (Å²) in [4.78, 5) is 14.7. The van der Waals surface area contributed by atoms with Gasteiger partial charge in [-0.15, -0.1) is 22.7 Å². The predicted molar refractivity (Wildman–Crippen MR) is 130 cm³/mol. The van der Waals surface area contributed by atoms with Gasteiger partial charge in [-0.2, -0.15) is 0 Å². The summed E-state index contributed by atoms with van der Waals surface area (Å²) in [5.74, 6) is 0.874. The summed E-state index contributed by atoms with van der Waals surface area (Å²) in [6, 6.07) is 7.43. The van der Waals surface area contributed by atoms with Gasteiger partial charge in [-0.1, -0.05) is 44.2 Å². The zero-order valence-corrected chi connectivity index (χ0v) is 20.5. The molecule has 0 unspecified atom stereocenters. The molecule has 0 amide bonds. The fourth-order valence-corrected chi connectivity index (χ4v) is 8.09. The maximum atomic E-state index is 13.5. The Kier molecular flexibility index (Phi) is 6.75. The molecular weight excluding hydrogens is 438 g/mol. The van der Waals surface area contributed by atoms with Gasteiger partial charge < -0.3 is 14.3 Å². The largest absolute Gasteiger partial charge is 0.453 e. The van der Waals surface area contributed by atoms with Crippen molar-refractivity contribution < 1.29 is 19.1 Å². The summed E-state index contributed by atoms with van der Waals surface area (Å²) in [6.07, 6.45) is 12.0. The first-order valence-electron chi connectivity index (χ1n) is 12.5. The fourth-order valence-electron chi connectivity index (χ4n) is 6.37. The molecule has 2 aromatic rings. The number of piperidine rings is 3. The average Bonchev–Trinajstić information content (AvgIpc) is 3.55. The van der Waals surface area contributed by atoms with Crippen LogP contribution in [0.4, 0.5) is 0 Å². The number of hydrogen-bond acceptors (Lipinski definition) is 5. The Balaban J connectivity index is 1.25. The SMILES string of the molecule is O=C(O[C@H]1C[N+]2(CCCC3CCCCC3)CCC1CC2)C(O)(c1cccs1)c1cccs1. The van der Waals surface area contributed by atoms with Gasteiger partial charge in [0.1, 0.15) is 6.54 Å². The van der Waals surface area contributed by atoms with E-state index in [0.29, 0.717) is 15.7 Å². The molecule has 1 atom stereocenters. The molecule has 6 rings (SSSR count). The molecule has 0 aromatic carbocycles. The summed E-state index contributed by atoms with van der Waals surface area (Å²) >= 11 is 2.82. The van der Waals surface area contributed by atoms with Crippen molar-refractivity contribution in [3.05, 3.63) is 44.8 Å². The number of thiophene rings is 2. The summed E-state index contributed by atoms with van der Waals surface area (Å²) in [7, 11) is 0. The minimum atomic E-state index is -1.69. The Bertz CT molecular complexity index is 831. The number of carbonyl (C=O) groups is 1. The third kappa shape index (κ3) is 4.44. The van der Waals surface area contributed by atoms with Crippen LogP contribution in [-0.4, -0.2) is 47.8 Å². The van der Waals surface area contributed by atoms with E-state index in [1.807, 2.05) is 35.0 Å². The van der Waals surface area contributed by atoms with E-state index < -0.39 is 11.6 Å². The highest BCUT2D eigenvalue weighted by atomic mass is 32.1. The van der Waals surface area contributed by atoms with Crippen LogP contribution in [0.1, 0.15) is 67.5 Å². The summed E-state index contributed by atoms with van der Waals surface area (Å²) in [5.41, 5.74) is -1.69. The number of ether oxygens (including phenoxy) is 1. The highest BCUT2D eigenvalue weighted by molar-refractivity contribution is 7.12. The lowest BCUT2D eigenvalue weighted by Gasteiger charge is -2.52. The molecule has 1 aliphatic carbocycles.